The minimum absolute atomic E-state index is 0.0849. The predicted octanol–water partition coefficient (Wildman–Crippen LogP) is 2.12. The third kappa shape index (κ3) is 2.86. The van der Waals surface area contributed by atoms with Crippen LogP contribution in [-0.4, -0.2) is 19.0 Å². The van der Waals surface area contributed by atoms with Crippen molar-refractivity contribution in [2.45, 2.75) is 19.9 Å². The Hall–Kier alpha value is -2.04. The molecule has 0 aliphatic carbocycles. The summed E-state index contributed by atoms with van der Waals surface area (Å²) in [6, 6.07) is 5.88. The molecule has 1 aromatic rings. The lowest BCUT2D eigenvalue weighted by Gasteiger charge is -2.19. The van der Waals surface area contributed by atoms with Crippen LogP contribution >= 0.6 is 0 Å². The Kier molecular flexibility index (Phi) is 4.04. The number of azide groups is 1. The second-order valence-electron chi connectivity index (χ2n) is 4.81. The fourth-order valence-electron chi connectivity index (χ4n) is 2.44. The molecule has 0 saturated carbocycles. The third-order valence-corrected chi connectivity index (χ3v) is 3.40. The van der Waals surface area contributed by atoms with Crippen LogP contribution in [0.1, 0.15) is 17.5 Å². The minimum atomic E-state index is 0.0849. The molecule has 1 fully saturated rings. The van der Waals surface area contributed by atoms with E-state index in [1.807, 2.05) is 25.1 Å². The molecule has 6 heteroatoms. The average Bonchev–Trinajstić information content (AvgIpc) is 2.77. The Morgan fingerprint density at radius 1 is 1.58 bits per heavy atom. The Balaban J connectivity index is 2.18. The zero-order valence-electron chi connectivity index (χ0n) is 10.9. The SMILES string of the molecule is Cc1cc(CN)ccc1N1CC(CN=[N+]=[N-])CC1=O. The minimum Gasteiger partial charge on any atom is -0.326 e. The average molecular weight is 259 g/mol. The number of hydrogen-bond donors (Lipinski definition) is 1. The fourth-order valence-corrected chi connectivity index (χ4v) is 2.44. The van der Waals surface area contributed by atoms with Gasteiger partial charge in [0.1, 0.15) is 0 Å². The number of benzene rings is 1. The van der Waals surface area contributed by atoms with Gasteiger partial charge in [0.2, 0.25) is 5.91 Å². The Morgan fingerprint density at radius 3 is 3.00 bits per heavy atom. The molecule has 1 aliphatic rings. The summed E-state index contributed by atoms with van der Waals surface area (Å²) in [5.41, 5.74) is 16.9. The van der Waals surface area contributed by atoms with Gasteiger partial charge in [0.15, 0.2) is 0 Å². The van der Waals surface area contributed by atoms with E-state index in [0.29, 0.717) is 26.1 Å². The molecule has 1 heterocycles. The molecule has 0 radical (unpaired) electrons. The van der Waals surface area contributed by atoms with E-state index in [1.165, 1.54) is 0 Å². The fraction of sp³-hybridized carbons (Fsp3) is 0.462. The van der Waals surface area contributed by atoms with Gasteiger partial charge >= 0.3 is 0 Å². The van der Waals surface area contributed by atoms with Gasteiger partial charge < -0.3 is 10.6 Å². The molecule has 1 atom stereocenters. The van der Waals surface area contributed by atoms with Crippen LogP contribution in [0.3, 0.4) is 0 Å². The van der Waals surface area contributed by atoms with E-state index in [2.05, 4.69) is 10.0 Å². The Morgan fingerprint density at radius 2 is 2.37 bits per heavy atom. The topological polar surface area (TPSA) is 95.1 Å². The highest BCUT2D eigenvalue weighted by molar-refractivity contribution is 5.96. The summed E-state index contributed by atoms with van der Waals surface area (Å²) in [4.78, 5) is 16.5. The maximum absolute atomic E-state index is 12.0. The molecule has 2 N–H and O–H groups in total. The standard InChI is InChI=1S/C13H17N5O/c1-9-4-10(6-14)2-3-12(9)18-8-11(5-13(18)19)7-16-17-15/h2-4,11H,5-8,14H2,1H3. The van der Waals surface area contributed by atoms with E-state index in [4.69, 9.17) is 11.3 Å². The molecule has 0 aromatic heterocycles. The Bertz CT molecular complexity index is 536. The number of carbonyl (C=O) groups is 1. The summed E-state index contributed by atoms with van der Waals surface area (Å²) >= 11 is 0. The highest BCUT2D eigenvalue weighted by Gasteiger charge is 2.30. The van der Waals surface area contributed by atoms with Crippen LogP contribution in [0.2, 0.25) is 0 Å². The summed E-state index contributed by atoms with van der Waals surface area (Å²) in [6.45, 7) is 3.45. The van der Waals surface area contributed by atoms with E-state index in [1.54, 1.807) is 4.90 Å². The second-order valence-corrected chi connectivity index (χ2v) is 4.81. The van der Waals surface area contributed by atoms with Crippen LogP contribution in [0.15, 0.2) is 23.3 Å². The molecular formula is C13H17N5O. The monoisotopic (exact) mass is 259 g/mol. The van der Waals surface area contributed by atoms with E-state index in [0.717, 1.165) is 16.8 Å². The van der Waals surface area contributed by atoms with Crippen LogP contribution in [0, 0.1) is 12.8 Å². The number of nitrogens with zero attached hydrogens (tertiary/aromatic N) is 4. The number of rotatable bonds is 4. The van der Waals surface area contributed by atoms with Crippen LogP contribution in [0.4, 0.5) is 5.69 Å². The first-order valence-electron chi connectivity index (χ1n) is 6.26. The molecular weight excluding hydrogens is 242 g/mol. The van der Waals surface area contributed by atoms with Crippen molar-refractivity contribution in [3.63, 3.8) is 0 Å². The lowest BCUT2D eigenvalue weighted by atomic mass is 10.1. The summed E-state index contributed by atoms with van der Waals surface area (Å²) in [6.07, 6.45) is 0.442. The van der Waals surface area contributed by atoms with E-state index >= 15 is 0 Å². The number of nitrogens with two attached hydrogens (primary N) is 1. The first kappa shape index (κ1) is 13.4. The van der Waals surface area contributed by atoms with E-state index in [-0.39, 0.29) is 11.8 Å². The summed E-state index contributed by atoms with van der Waals surface area (Å²) in [5.74, 6) is 0.193. The van der Waals surface area contributed by atoms with Crippen LogP contribution in [-0.2, 0) is 11.3 Å². The van der Waals surface area contributed by atoms with E-state index in [9.17, 15) is 4.79 Å². The van der Waals surface area contributed by atoms with Crippen molar-refractivity contribution < 1.29 is 4.79 Å². The van der Waals surface area contributed by atoms with Crippen molar-refractivity contribution in [2.75, 3.05) is 18.0 Å². The van der Waals surface area contributed by atoms with Crippen molar-refractivity contribution in [2.24, 2.45) is 16.8 Å². The molecule has 1 saturated heterocycles. The second kappa shape index (κ2) is 5.73. The smallest absolute Gasteiger partial charge is 0.227 e. The van der Waals surface area contributed by atoms with Gasteiger partial charge in [-0.15, -0.1) is 0 Å². The van der Waals surface area contributed by atoms with Crippen molar-refractivity contribution >= 4 is 11.6 Å². The van der Waals surface area contributed by atoms with Gasteiger partial charge in [0.05, 0.1) is 0 Å². The molecule has 1 unspecified atom stereocenters. The molecule has 100 valence electrons. The number of carbonyl (C=O) groups excluding carboxylic acids is 1. The van der Waals surface area contributed by atoms with Crippen LogP contribution < -0.4 is 10.6 Å². The summed E-state index contributed by atoms with van der Waals surface area (Å²) in [7, 11) is 0. The van der Waals surface area contributed by atoms with Gasteiger partial charge in [-0.2, -0.15) is 0 Å². The van der Waals surface area contributed by atoms with Gasteiger partial charge in [0.25, 0.3) is 0 Å². The quantitative estimate of drug-likeness (QED) is 0.509. The molecule has 1 aliphatic heterocycles. The van der Waals surface area contributed by atoms with Gasteiger partial charge in [-0.05, 0) is 35.6 Å². The molecule has 2 rings (SSSR count). The summed E-state index contributed by atoms with van der Waals surface area (Å²) in [5, 5.41) is 3.55. The highest BCUT2D eigenvalue weighted by atomic mass is 16.2. The van der Waals surface area contributed by atoms with Crippen molar-refractivity contribution in [3.05, 3.63) is 39.8 Å². The molecule has 1 aromatic carbocycles. The van der Waals surface area contributed by atoms with Gasteiger partial charge in [-0.1, -0.05) is 17.2 Å². The maximum atomic E-state index is 12.0. The van der Waals surface area contributed by atoms with Crippen molar-refractivity contribution in [3.8, 4) is 0 Å². The molecule has 0 bridgehead atoms. The predicted molar refractivity (Wildman–Crippen MR) is 73.5 cm³/mol. The van der Waals surface area contributed by atoms with E-state index < -0.39 is 0 Å². The third-order valence-electron chi connectivity index (χ3n) is 3.40. The van der Waals surface area contributed by atoms with Crippen LogP contribution in [0.25, 0.3) is 10.4 Å². The highest BCUT2D eigenvalue weighted by Crippen LogP contribution is 2.28. The number of hydrogen-bond acceptors (Lipinski definition) is 3. The number of amides is 1. The van der Waals surface area contributed by atoms with Crippen molar-refractivity contribution in [1.82, 2.24) is 0 Å². The zero-order valence-corrected chi connectivity index (χ0v) is 10.9. The molecule has 19 heavy (non-hydrogen) atoms. The van der Waals surface area contributed by atoms with Crippen molar-refractivity contribution in [1.29, 1.82) is 0 Å². The molecule has 6 nitrogen and oxygen atoms in total. The maximum Gasteiger partial charge on any atom is 0.227 e. The molecule has 0 spiro atoms. The summed E-state index contributed by atoms with van der Waals surface area (Å²) < 4.78 is 0. The number of aryl methyl sites for hydroxylation is 1. The van der Waals surface area contributed by atoms with Gasteiger partial charge in [0, 0.05) is 36.7 Å². The normalized spacial score (nSPS) is 18.5. The lowest BCUT2D eigenvalue weighted by Crippen LogP contribution is -2.25. The largest absolute Gasteiger partial charge is 0.326 e. The Labute approximate surface area is 111 Å². The first-order valence-corrected chi connectivity index (χ1v) is 6.26. The zero-order chi connectivity index (χ0) is 13.8. The van der Waals surface area contributed by atoms with Gasteiger partial charge in [-0.25, -0.2) is 0 Å². The number of anilines is 1. The molecule has 1 amide bonds. The van der Waals surface area contributed by atoms with Gasteiger partial charge in [-0.3, -0.25) is 4.79 Å². The van der Waals surface area contributed by atoms with Crippen LogP contribution in [0.5, 0.6) is 0 Å². The lowest BCUT2D eigenvalue weighted by molar-refractivity contribution is -0.117. The first-order chi connectivity index (χ1) is 9.15.